The zero-order valence-corrected chi connectivity index (χ0v) is 12.6. The lowest BCUT2D eigenvalue weighted by atomic mass is 9.93. The summed E-state index contributed by atoms with van der Waals surface area (Å²) in [6, 6.07) is 0.857. The van der Waals surface area contributed by atoms with Crippen LogP contribution in [0.5, 0.6) is 0 Å². The molecular formula is C12H17NO5S2. The molecule has 0 unspecified atom stereocenters. The number of aliphatic hydroxyl groups is 1. The van der Waals surface area contributed by atoms with E-state index in [1.54, 1.807) is 6.92 Å². The average molecular weight is 319 g/mol. The third kappa shape index (κ3) is 3.20. The van der Waals surface area contributed by atoms with Crippen LogP contribution < -0.4 is 4.72 Å². The largest absolute Gasteiger partial charge is 0.477 e. The summed E-state index contributed by atoms with van der Waals surface area (Å²) in [5, 5.41) is 18.8. The summed E-state index contributed by atoms with van der Waals surface area (Å²) in [5.74, 6) is -1.13. The third-order valence-electron chi connectivity index (χ3n) is 3.39. The Morgan fingerprint density at radius 3 is 2.60 bits per heavy atom. The highest BCUT2D eigenvalue weighted by molar-refractivity contribution is 7.91. The number of rotatable bonds is 4. The Morgan fingerprint density at radius 1 is 1.40 bits per heavy atom. The number of aliphatic hydroxyl groups excluding tert-OH is 1. The molecule has 0 aromatic carbocycles. The fourth-order valence-electron chi connectivity index (χ4n) is 2.30. The first-order chi connectivity index (χ1) is 9.31. The molecule has 1 saturated carbocycles. The molecule has 0 aliphatic heterocycles. The number of sulfonamides is 1. The first-order valence-electron chi connectivity index (χ1n) is 6.35. The number of thiophene rings is 1. The van der Waals surface area contributed by atoms with Gasteiger partial charge in [-0.05, 0) is 31.4 Å². The van der Waals surface area contributed by atoms with Gasteiger partial charge in [-0.25, -0.2) is 17.9 Å². The monoisotopic (exact) mass is 319 g/mol. The second-order valence-corrected chi connectivity index (χ2v) is 7.96. The van der Waals surface area contributed by atoms with E-state index in [4.69, 9.17) is 5.11 Å². The van der Waals surface area contributed by atoms with E-state index in [1.807, 2.05) is 0 Å². The summed E-state index contributed by atoms with van der Waals surface area (Å²) >= 11 is 0.733. The fourth-order valence-corrected chi connectivity index (χ4v) is 5.00. The maximum Gasteiger partial charge on any atom is 0.346 e. The molecule has 0 spiro atoms. The number of hydrogen-bond donors (Lipinski definition) is 3. The SMILES string of the molecule is Cc1cc(S(=O)(=O)N[C@H]2CCCC[C@@H]2O)sc1C(=O)O. The van der Waals surface area contributed by atoms with E-state index >= 15 is 0 Å². The second kappa shape index (κ2) is 5.80. The lowest BCUT2D eigenvalue weighted by Gasteiger charge is -2.27. The molecule has 1 aromatic heterocycles. The molecule has 0 saturated heterocycles. The van der Waals surface area contributed by atoms with Crippen molar-refractivity contribution in [1.82, 2.24) is 4.72 Å². The zero-order chi connectivity index (χ0) is 14.9. The van der Waals surface area contributed by atoms with Gasteiger partial charge in [-0.1, -0.05) is 12.8 Å². The number of aryl methyl sites for hydroxylation is 1. The van der Waals surface area contributed by atoms with Gasteiger partial charge in [-0.15, -0.1) is 11.3 Å². The van der Waals surface area contributed by atoms with Gasteiger partial charge in [0.2, 0.25) is 10.0 Å². The second-order valence-electron chi connectivity index (χ2n) is 4.96. The molecule has 2 rings (SSSR count). The smallest absolute Gasteiger partial charge is 0.346 e. The van der Waals surface area contributed by atoms with Crippen LogP contribution in [0.4, 0.5) is 0 Å². The molecule has 112 valence electrons. The minimum atomic E-state index is -3.78. The Balaban J connectivity index is 2.22. The molecule has 1 aliphatic carbocycles. The molecule has 0 amide bonds. The summed E-state index contributed by atoms with van der Waals surface area (Å²) < 4.78 is 26.9. The molecule has 0 bridgehead atoms. The van der Waals surface area contributed by atoms with Crippen molar-refractivity contribution in [2.75, 3.05) is 0 Å². The van der Waals surface area contributed by atoms with Crippen LogP contribution in [0.15, 0.2) is 10.3 Å². The Labute approximate surface area is 121 Å². The summed E-state index contributed by atoms with van der Waals surface area (Å²) in [7, 11) is -3.78. The van der Waals surface area contributed by atoms with Crippen LogP contribution in [0, 0.1) is 6.92 Å². The van der Waals surface area contributed by atoms with Crippen molar-refractivity contribution in [3.63, 3.8) is 0 Å². The van der Waals surface area contributed by atoms with Crippen LogP contribution in [0.25, 0.3) is 0 Å². The Hall–Kier alpha value is -0.960. The summed E-state index contributed by atoms with van der Waals surface area (Å²) in [6.07, 6.45) is 2.25. The average Bonchev–Trinajstić information content (AvgIpc) is 2.75. The Bertz CT molecular complexity index is 607. The number of hydrogen-bond acceptors (Lipinski definition) is 5. The van der Waals surface area contributed by atoms with Crippen LogP contribution in [-0.2, 0) is 10.0 Å². The molecule has 6 nitrogen and oxygen atoms in total. The Morgan fingerprint density at radius 2 is 2.05 bits per heavy atom. The van der Waals surface area contributed by atoms with Gasteiger partial charge in [0.25, 0.3) is 0 Å². The highest BCUT2D eigenvalue weighted by Crippen LogP contribution is 2.27. The number of carboxylic acids is 1. The van der Waals surface area contributed by atoms with E-state index < -0.39 is 28.1 Å². The molecule has 8 heteroatoms. The van der Waals surface area contributed by atoms with Gasteiger partial charge in [0.05, 0.1) is 6.10 Å². The van der Waals surface area contributed by atoms with Crippen LogP contribution in [0.3, 0.4) is 0 Å². The maximum atomic E-state index is 12.2. The van der Waals surface area contributed by atoms with Gasteiger partial charge < -0.3 is 10.2 Å². The lowest BCUT2D eigenvalue weighted by molar-refractivity contribution is 0.0701. The summed E-state index contributed by atoms with van der Waals surface area (Å²) in [6.45, 7) is 1.56. The van der Waals surface area contributed by atoms with Crippen molar-refractivity contribution in [3.8, 4) is 0 Å². The molecule has 2 atom stereocenters. The number of aromatic carboxylic acids is 1. The third-order valence-corrected chi connectivity index (χ3v) is 6.58. The maximum absolute atomic E-state index is 12.2. The van der Waals surface area contributed by atoms with Crippen molar-refractivity contribution >= 4 is 27.3 Å². The summed E-state index contributed by atoms with van der Waals surface area (Å²) in [5.41, 5.74) is 0.423. The van der Waals surface area contributed by atoms with Crippen LogP contribution in [0.1, 0.15) is 40.9 Å². The van der Waals surface area contributed by atoms with Crippen molar-refractivity contribution < 1.29 is 23.4 Å². The summed E-state index contributed by atoms with van der Waals surface area (Å²) in [4.78, 5) is 11.0. The van der Waals surface area contributed by atoms with Crippen molar-refractivity contribution in [3.05, 3.63) is 16.5 Å². The highest BCUT2D eigenvalue weighted by atomic mass is 32.2. The van der Waals surface area contributed by atoms with E-state index in [9.17, 15) is 18.3 Å². The molecule has 1 aromatic rings. The first-order valence-corrected chi connectivity index (χ1v) is 8.65. The predicted octanol–water partition coefficient (Wildman–Crippen LogP) is 1.34. The zero-order valence-electron chi connectivity index (χ0n) is 11.0. The predicted molar refractivity (Wildman–Crippen MR) is 74.6 cm³/mol. The minimum Gasteiger partial charge on any atom is -0.477 e. The molecule has 1 aliphatic rings. The highest BCUT2D eigenvalue weighted by Gasteiger charge is 2.29. The van der Waals surface area contributed by atoms with Crippen molar-refractivity contribution in [2.24, 2.45) is 0 Å². The molecular weight excluding hydrogens is 302 g/mol. The lowest BCUT2D eigenvalue weighted by Crippen LogP contribution is -2.44. The fraction of sp³-hybridized carbons (Fsp3) is 0.583. The van der Waals surface area contributed by atoms with Gasteiger partial charge >= 0.3 is 5.97 Å². The van der Waals surface area contributed by atoms with Crippen molar-refractivity contribution in [1.29, 1.82) is 0 Å². The van der Waals surface area contributed by atoms with Gasteiger partial charge in [0, 0.05) is 6.04 Å². The van der Waals surface area contributed by atoms with Crippen molar-refractivity contribution in [2.45, 2.75) is 49.0 Å². The normalized spacial score (nSPS) is 23.7. The standard InChI is InChI=1S/C12H17NO5S2/c1-7-6-10(19-11(7)12(15)16)20(17,18)13-8-4-2-3-5-9(8)14/h6,8-9,13-14H,2-5H2,1H3,(H,15,16)/t8-,9-/m0/s1. The van der Waals surface area contributed by atoms with E-state index in [1.165, 1.54) is 6.07 Å². The van der Waals surface area contributed by atoms with Gasteiger partial charge in [-0.2, -0.15) is 0 Å². The van der Waals surface area contributed by atoms with Crippen LogP contribution in [-0.4, -0.2) is 36.7 Å². The first kappa shape index (κ1) is 15.4. The van der Waals surface area contributed by atoms with Crippen LogP contribution >= 0.6 is 11.3 Å². The Kier molecular flexibility index (Phi) is 4.48. The van der Waals surface area contributed by atoms with Gasteiger partial charge in [0.1, 0.15) is 9.09 Å². The molecule has 20 heavy (non-hydrogen) atoms. The van der Waals surface area contributed by atoms with Gasteiger partial charge in [-0.3, -0.25) is 0 Å². The van der Waals surface area contributed by atoms with E-state index in [0.717, 1.165) is 24.2 Å². The number of nitrogens with one attached hydrogen (secondary N) is 1. The van der Waals surface area contributed by atoms with Gasteiger partial charge in [0.15, 0.2) is 0 Å². The molecule has 1 heterocycles. The van der Waals surface area contributed by atoms with E-state index in [-0.39, 0.29) is 9.09 Å². The minimum absolute atomic E-state index is 0.0227. The quantitative estimate of drug-likeness (QED) is 0.777. The van der Waals surface area contributed by atoms with Crippen LogP contribution in [0.2, 0.25) is 0 Å². The number of carbonyl (C=O) groups is 1. The van der Waals surface area contributed by atoms with E-state index in [2.05, 4.69) is 4.72 Å². The number of carboxylic acid groups (broad SMARTS) is 1. The topological polar surface area (TPSA) is 104 Å². The molecule has 3 N–H and O–H groups in total. The molecule has 1 fully saturated rings. The molecule has 0 radical (unpaired) electrons. The van der Waals surface area contributed by atoms with E-state index in [0.29, 0.717) is 18.4 Å².